The van der Waals surface area contributed by atoms with Crippen molar-refractivity contribution in [2.45, 2.75) is 37.8 Å². The first-order chi connectivity index (χ1) is 8.10. The van der Waals surface area contributed by atoms with E-state index < -0.39 is 12.1 Å². The minimum absolute atomic E-state index is 0.111. The van der Waals surface area contributed by atoms with Crippen molar-refractivity contribution in [1.82, 2.24) is 4.90 Å². The van der Waals surface area contributed by atoms with Crippen LogP contribution in [0.15, 0.2) is 0 Å². The van der Waals surface area contributed by atoms with Gasteiger partial charge in [-0.1, -0.05) is 13.3 Å². The Morgan fingerprint density at radius 3 is 2.88 bits per heavy atom. The lowest BCUT2D eigenvalue weighted by molar-refractivity contribution is -0.136. The molecule has 0 saturated carbocycles. The second-order valence-corrected chi connectivity index (χ2v) is 4.69. The Labute approximate surface area is 103 Å². The molecule has 3 atom stereocenters. The molecule has 0 aromatic rings. The lowest BCUT2D eigenvalue weighted by Gasteiger charge is -2.36. The third-order valence-electron chi connectivity index (χ3n) is 3.33. The molecule has 1 rings (SSSR count). The lowest BCUT2D eigenvalue weighted by Crippen LogP contribution is -2.50. The first-order valence-corrected chi connectivity index (χ1v) is 6.22. The number of piperidine rings is 1. The molecule has 1 unspecified atom stereocenters. The summed E-state index contributed by atoms with van der Waals surface area (Å²) in [5.74, 6) is -0.112. The highest BCUT2D eigenvalue weighted by atomic mass is 16.3. The molecule has 5 nitrogen and oxygen atoms in total. The Hall–Kier alpha value is -0.650. The average molecular weight is 243 g/mol. The third kappa shape index (κ3) is 3.94. The van der Waals surface area contributed by atoms with Gasteiger partial charge in [0, 0.05) is 19.0 Å². The van der Waals surface area contributed by atoms with Crippen LogP contribution in [0.4, 0.5) is 0 Å². The number of nitrogens with zero attached hydrogens (tertiary/aromatic N) is 1. The highest BCUT2D eigenvalue weighted by molar-refractivity contribution is 5.81. The first-order valence-electron chi connectivity index (χ1n) is 6.22. The normalized spacial score (nSPS) is 24.5. The van der Waals surface area contributed by atoms with Gasteiger partial charge in [0.2, 0.25) is 5.91 Å². The smallest absolute Gasteiger partial charge is 0.241 e. The maximum absolute atomic E-state index is 11.8. The van der Waals surface area contributed by atoms with Crippen molar-refractivity contribution in [2.75, 3.05) is 19.7 Å². The minimum atomic E-state index is -0.835. The summed E-state index contributed by atoms with van der Waals surface area (Å²) in [4.78, 5) is 13.5. The van der Waals surface area contributed by atoms with Gasteiger partial charge >= 0.3 is 0 Å². The number of aliphatic hydroxyl groups is 2. The van der Waals surface area contributed by atoms with Crippen LogP contribution in [0.25, 0.3) is 0 Å². The van der Waals surface area contributed by atoms with Crippen LogP contribution in [0.5, 0.6) is 0 Å². The number of carbonyl (C=O) groups excluding carboxylic acids is 1. The van der Waals surface area contributed by atoms with Crippen molar-refractivity contribution in [3.63, 3.8) is 0 Å². The van der Waals surface area contributed by atoms with Crippen LogP contribution < -0.4 is 5.73 Å². The molecule has 0 aromatic heterocycles. The minimum Gasteiger partial charge on any atom is -0.394 e. The van der Waals surface area contributed by atoms with E-state index in [1.165, 1.54) is 0 Å². The van der Waals surface area contributed by atoms with Gasteiger partial charge in [-0.25, -0.2) is 0 Å². The van der Waals surface area contributed by atoms with Gasteiger partial charge in [-0.05, 0) is 19.3 Å². The van der Waals surface area contributed by atoms with Crippen LogP contribution in [0.3, 0.4) is 0 Å². The van der Waals surface area contributed by atoms with Crippen LogP contribution in [0.2, 0.25) is 0 Å². The standard InChI is InChI=1S/C12H23N2O3/c1-2-4-11(16)9-5-3-6-14(7-9)12(17)10(13)8-15/h9-11,15-16H,1-8,13H2/t9-,10+,11?/m1/s1. The molecule has 0 aromatic carbocycles. The molecule has 1 fully saturated rings. The summed E-state index contributed by atoms with van der Waals surface area (Å²) >= 11 is 0. The molecule has 17 heavy (non-hydrogen) atoms. The molecular formula is C12H23N2O3. The Morgan fingerprint density at radius 1 is 1.59 bits per heavy atom. The summed E-state index contributed by atoms with van der Waals surface area (Å²) in [5, 5.41) is 18.8. The molecule has 1 saturated heterocycles. The Morgan fingerprint density at radius 2 is 2.29 bits per heavy atom. The lowest BCUT2D eigenvalue weighted by atomic mass is 9.90. The van der Waals surface area contributed by atoms with E-state index in [4.69, 9.17) is 10.8 Å². The maximum Gasteiger partial charge on any atom is 0.241 e. The molecule has 4 N–H and O–H groups in total. The van der Waals surface area contributed by atoms with Crippen LogP contribution in [0, 0.1) is 12.8 Å². The maximum atomic E-state index is 11.8. The molecule has 99 valence electrons. The monoisotopic (exact) mass is 243 g/mol. The quantitative estimate of drug-likeness (QED) is 0.608. The van der Waals surface area contributed by atoms with Crippen LogP contribution in [0.1, 0.15) is 25.7 Å². The second-order valence-electron chi connectivity index (χ2n) is 4.69. The molecule has 1 aliphatic rings. The number of nitrogens with two attached hydrogens (primary N) is 1. The van der Waals surface area contributed by atoms with Gasteiger partial charge in [-0.2, -0.15) is 0 Å². The van der Waals surface area contributed by atoms with E-state index in [9.17, 15) is 9.90 Å². The SMILES string of the molecule is [CH2]CCC(O)[C@@H]1CCCN(C(=O)[C@@H](N)CO)C1. The molecular weight excluding hydrogens is 220 g/mol. The molecule has 1 aliphatic heterocycles. The van der Waals surface area contributed by atoms with Crippen LogP contribution in [-0.4, -0.2) is 52.9 Å². The Balaban J connectivity index is 2.51. The zero-order valence-corrected chi connectivity index (χ0v) is 10.2. The van der Waals surface area contributed by atoms with Crippen molar-refractivity contribution >= 4 is 5.91 Å². The highest BCUT2D eigenvalue weighted by Gasteiger charge is 2.29. The summed E-state index contributed by atoms with van der Waals surface area (Å²) in [6.07, 6.45) is 2.77. The number of likely N-dealkylation sites (tertiary alicyclic amines) is 1. The largest absolute Gasteiger partial charge is 0.394 e. The van der Waals surface area contributed by atoms with E-state index >= 15 is 0 Å². The van der Waals surface area contributed by atoms with E-state index in [2.05, 4.69) is 6.92 Å². The number of rotatable bonds is 5. The van der Waals surface area contributed by atoms with Gasteiger partial charge in [-0.15, -0.1) is 0 Å². The number of amides is 1. The summed E-state index contributed by atoms with van der Waals surface area (Å²) in [5.41, 5.74) is 5.51. The van der Waals surface area contributed by atoms with Crippen LogP contribution >= 0.6 is 0 Å². The van der Waals surface area contributed by atoms with Crippen molar-refractivity contribution in [2.24, 2.45) is 11.7 Å². The molecule has 0 bridgehead atoms. The van der Waals surface area contributed by atoms with Gasteiger partial charge in [-0.3, -0.25) is 4.79 Å². The number of hydrogen-bond donors (Lipinski definition) is 3. The van der Waals surface area contributed by atoms with Crippen molar-refractivity contribution in [1.29, 1.82) is 0 Å². The summed E-state index contributed by atoms with van der Waals surface area (Å²) in [7, 11) is 0. The molecule has 1 amide bonds. The van der Waals surface area contributed by atoms with E-state index in [0.717, 1.165) is 12.8 Å². The summed E-state index contributed by atoms with van der Waals surface area (Å²) in [6.45, 7) is 4.59. The van der Waals surface area contributed by atoms with Crippen molar-refractivity contribution in [3.8, 4) is 0 Å². The first kappa shape index (κ1) is 14.4. The fraction of sp³-hybridized carbons (Fsp3) is 0.833. The predicted molar refractivity (Wildman–Crippen MR) is 65.0 cm³/mol. The van der Waals surface area contributed by atoms with Crippen molar-refractivity contribution in [3.05, 3.63) is 6.92 Å². The van der Waals surface area contributed by atoms with Crippen LogP contribution in [-0.2, 0) is 4.79 Å². The summed E-state index contributed by atoms with van der Waals surface area (Å²) < 4.78 is 0. The Bertz CT molecular complexity index is 248. The van der Waals surface area contributed by atoms with Gasteiger partial charge in [0.05, 0.1) is 12.7 Å². The molecule has 0 aliphatic carbocycles. The van der Waals surface area contributed by atoms with Gasteiger partial charge in [0.1, 0.15) is 6.04 Å². The number of aliphatic hydroxyl groups excluding tert-OH is 2. The number of hydrogen-bond acceptors (Lipinski definition) is 4. The zero-order valence-electron chi connectivity index (χ0n) is 10.2. The average Bonchev–Trinajstić information content (AvgIpc) is 2.37. The van der Waals surface area contributed by atoms with E-state index in [1.54, 1.807) is 4.90 Å². The Kier molecular flexibility index (Phi) is 5.88. The van der Waals surface area contributed by atoms with E-state index in [1.807, 2.05) is 0 Å². The zero-order chi connectivity index (χ0) is 12.8. The van der Waals surface area contributed by atoms with Gasteiger partial charge in [0.25, 0.3) is 0 Å². The van der Waals surface area contributed by atoms with E-state index in [-0.39, 0.29) is 18.4 Å². The molecule has 5 heteroatoms. The topological polar surface area (TPSA) is 86.8 Å². The fourth-order valence-corrected chi connectivity index (χ4v) is 2.28. The fourth-order valence-electron chi connectivity index (χ4n) is 2.28. The number of carbonyl (C=O) groups is 1. The predicted octanol–water partition coefficient (Wildman–Crippen LogP) is -0.480. The third-order valence-corrected chi connectivity index (χ3v) is 3.33. The second kappa shape index (κ2) is 6.93. The van der Waals surface area contributed by atoms with Gasteiger partial charge in [0.15, 0.2) is 0 Å². The van der Waals surface area contributed by atoms with E-state index in [0.29, 0.717) is 25.9 Å². The molecule has 0 spiro atoms. The van der Waals surface area contributed by atoms with Gasteiger partial charge < -0.3 is 20.8 Å². The molecule has 1 radical (unpaired) electrons. The molecule has 1 heterocycles. The summed E-state index contributed by atoms with van der Waals surface area (Å²) in [6, 6.07) is -0.835. The highest BCUT2D eigenvalue weighted by Crippen LogP contribution is 2.22. The van der Waals surface area contributed by atoms with Crippen molar-refractivity contribution < 1.29 is 15.0 Å².